The van der Waals surface area contributed by atoms with Gasteiger partial charge in [0.15, 0.2) is 11.5 Å². The van der Waals surface area contributed by atoms with Crippen LogP contribution in [0, 0.1) is 0 Å². The minimum absolute atomic E-state index is 0.302. The van der Waals surface area contributed by atoms with Gasteiger partial charge in [0.25, 0.3) is 0 Å². The third-order valence-electron chi connectivity index (χ3n) is 4.65. The number of methoxy groups -OCH3 is 1. The van der Waals surface area contributed by atoms with Crippen molar-refractivity contribution >= 4 is 41.0 Å². The van der Waals surface area contributed by atoms with Gasteiger partial charge in [0, 0.05) is 21.2 Å². The van der Waals surface area contributed by atoms with Gasteiger partial charge in [-0.05, 0) is 42.0 Å². The number of carbonyl (C=O) groups excluding carboxylic acids is 1. The molecule has 1 heterocycles. The molecule has 156 valence electrons. The Hall–Kier alpha value is -3.28. The first kappa shape index (κ1) is 21.0. The van der Waals surface area contributed by atoms with Crippen LogP contribution >= 0.6 is 23.2 Å². The maximum absolute atomic E-state index is 12.2. The molecule has 4 rings (SSSR count). The zero-order valence-electron chi connectivity index (χ0n) is 16.5. The van der Waals surface area contributed by atoms with E-state index in [1.807, 2.05) is 30.3 Å². The summed E-state index contributed by atoms with van der Waals surface area (Å²) in [6.45, 7) is 0.302. The third kappa shape index (κ3) is 4.74. The average molecular weight is 454 g/mol. The van der Waals surface area contributed by atoms with E-state index in [4.69, 9.17) is 37.5 Å². The van der Waals surface area contributed by atoms with E-state index in [0.29, 0.717) is 39.4 Å². The summed E-state index contributed by atoms with van der Waals surface area (Å²) < 4.78 is 11.4. The van der Waals surface area contributed by atoms with Gasteiger partial charge in [-0.3, -0.25) is 0 Å². The van der Waals surface area contributed by atoms with Crippen LogP contribution in [0.4, 0.5) is 0 Å². The molecule has 0 fully saturated rings. The van der Waals surface area contributed by atoms with Gasteiger partial charge < -0.3 is 14.3 Å². The smallest absolute Gasteiger partial charge is 0.368 e. The molecule has 0 radical (unpaired) electrons. The van der Waals surface area contributed by atoms with Gasteiger partial charge in [0.1, 0.15) is 12.3 Å². The van der Waals surface area contributed by atoms with Crippen molar-refractivity contribution < 1.29 is 19.1 Å². The lowest BCUT2D eigenvalue weighted by molar-refractivity contribution is -0.136. The van der Waals surface area contributed by atoms with Gasteiger partial charge in [-0.1, -0.05) is 64.8 Å². The van der Waals surface area contributed by atoms with Crippen molar-refractivity contribution in [3.63, 3.8) is 0 Å². The van der Waals surface area contributed by atoms with Crippen molar-refractivity contribution in [3.8, 4) is 11.5 Å². The van der Waals surface area contributed by atoms with Gasteiger partial charge in [-0.15, -0.1) is 0 Å². The minimum Gasteiger partial charge on any atom is -0.493 e. The molecule has 3 aromatic rings. The second kappa shape index (κ2) is 9.25. The van der Waals surface area contributed by atoms with E-state index in [2.05, 4.69) is 5.16 Å². The Morgan fingerprint density at radius 3 is 2.52 bits per heavy atom. The van der Waals surface area contributed by atoms with E-state index in [0.717, 1.165) is 16.7 Å². The summed E-state index contributed by atoms with van der Waals surface area (Å²) in [5, 5.41) is 5.14. The summed E-state index contributed by atoms with van der Waals surface area (Å²) in [6.07, 6.45) is 1.70. The zero-order chi connectivity index (χ0) is 21.8. The molecule has 0 atom stereocenters. The maximum Gasteiger partial charge on any atom is 0.368 e. The molecule has 0 unspecified atom stereocenters. The summed E-state index contributed by atoms with van der Waals surface area (Å²) >= 11 is 12.1. The summed E-state index contributed by atoms with van der Waals surface area (Å²) in [5.74, 6) is 0.561. The van der Waals surface area contributed by atoms with Crippen molar-refractivity contribution in [2.24, 2.45) is 5.16 Å². The number of ether oxygens (including phenoxy) is 2. The molecule has 1 aliphatic rings. The summed E-state index contributed by atoms with van der Waals surface area (Å²) in [4.78, 5) is 17.1. The number of carbonyl (C=O) groups is 1. The van der Waals surface area contributed by atoms with Crippen molar-refractivity contribution in [3.05, 3.63) is 99.0 Å². The Morgan fingerprint density at radius 1 is 1.00 bits per heavy atom. The number of hydrogen-bond acceptors (Lipinski definition) is 5. The molecule has 0 bridgehead atoms. The van der Waals surface area contributed by atoms with Crippen LogP contribution in [0.25, 0.3) is 6.08 Å². The fourth-order valence-electron chi connectivity index (χ4n) is 3.06. The topological polar surface area (TPSA) is 57.1 Å². The fraction of sp³-hybridized carbons (Fsp3) is 0.0833. The van der Waals surface area contributed by atoms with Crippen LogP contribution < -0.4 is 9.47 Å². The number of oxime groups is 1. The predicted molar refractivity (Wildman–Crippen MR) is 121 cm³/mol. The van der Waals surface area contributed by atoms with E-state index in [9.17, 15) is 4.79 Å². The standard InChI is InChI=1S/C24H17Cl2NO4/c1-29-22-13-15(6-11-21(22)30-14-17-4-2-3-5-20(17)26)12-19-23(27-31-24(19)28)16-7-9-18(25)10-8-16/h2-13H,14H2,1H3/b19-12+. The van der Waals surface area contributed by atoms with E-state index in [-0.39, 0.29) is 0 Å². The number of rotatable bonds is 6. The first-order valence-electron chi connectivity index (χ1n) is 9.37. The van der Waals surface area contributed by atoms with Crippen molar-refractivity contribution in [2.45, 2.75) is 6.61 Å². The lowest BCUT2D eigenvalue weighted by atomic mass is 10.0. The predicted octanol–water partition coefficient (Wildman–Crippen LogP) is 5.93. The molecular formula is C24H17Cl2NO4. The van der Waals surface area contributed by atoms with Gasteiger partial charge in [-0.2, -0.15) is 0 Å². The molecular weight excluding hydrogens is 437 g/mol. The molecule has 1 aliphatic heterocycles. The average Bonchev–Trinajstić information content (AvgIpc) is 3.14. The van der Waals surface area contributed by atoms with Gasteiger partial charge in [-0.25, -0.2) is 4.79 Å². The van der Waals surface area contributed by atoms with E-state index in [1.54, 1.807) is 49.6 Å². The Morgan fingerprint density at radius 2 is 1.77 bits per heavy atom. The monoisotopic (exact) mass is 453 g/mol. The molecule has 3 aromatic carbocycles. The second-order valence-electron chi connectivity index (χ2n) is 6.67. The van der Waals surface area contributed by atoms with E-state index < -0.39 is 5.97 Å². The summed E-state index contributed by atoms with van der Waals surface area (Å²) in [6, 6.07) is 19.9. The maximum atomic E-state index is 12.2. The fourth-order valence-corrected chi connectivity index (χ4v) is 3.37. The summed E-state index contributed by atoms with van der Waals surface area (Å²) in [7, 11) is 1.55. The Bertz CT molecular complexity index is 1190. The largest absolute Gasteiger partial charge is 0.493 e. The van der Waals surface area contributed by atoms with Crippen LogP contribution in [0.1, 0.15) is 16.7 Å². The lowest BCUT2D eigenvalue weighted by Crippen LogP contribution is -2.06. The Labute approximate surface area is 189 Å². The van der Waals surface area contributed by atoms with Crippen LogP contribution in [-0.4, -0.2) is 18.8 Å². The SMILES string of the molecule is COc1cc(/C=C2/C(=O)ON=C2c2ccc(Cl)cc2)ccc1OCc1ccccc1Cl. The van der Waals surface area contributed by atoms with Crippen LogP contribution in [-0.2, 0) is 16.2 Å². The molecule has 0 saturated heterocycles. The molecule has 0 saturated carbocycles. The van der Waals surface area contributed by atoms with E-state index >= 15 is 0 Å². The highest BCUT2D eigenvalue weighted by Gasteiger charge is 2.27. The highest BCUT2D eigenvalue weighted by atomic mass is 35.5. The second-order valence-corrected chi connectivity index (χ2v) is 7.52. The van der Waals surface area contributed by atoms with Crippen LogP contribution in [0.5, 0.6) is 11.5 Å². The highest BCUT2D eigenvalue weighted by Crippen LogP contribution is 2.31. The first-order chi connectivity index (χ1) is 15.0. The molecule has 0 N–H and O–H groups in total. The quantitative estimate of drug-likeness (QED) is 0.343. The third-order valence-corrected chi connectivity index (χ3v) is 5.27. The van der Waals surface area contributed by atoms with Crippen LogP contribution in [0.2, 0.25) is 10.0 Å². The van der Waals surface area contributed by atoms with Gasteiger partial charge in [0.2, 0.25) is 0 Å². The number of hydrogen-bond donors (Lipinski definition) is 0. The Balaban J connectivity index is 1.58. The molecule has 0 aliphatic carbocycles. The lowest BCUT2D eigenvalue weighted by Gasteiger charge is -2.12. The normalized spacial score (nSPS) is 14.4. The first-order valence-corrected chi connectivity index (χ1v) is 10.1. The van der Waals surface area contributed by atoms with Crippen molar-refractivity contribution in [1.82, 2.24) is 0 Å². The molecule has 0 spiro atoms. The number of halogens is 2. The molecule has 5 nitrogen and oxygen atoms in total. The van der Waals surface area contributed by atoms with E-state index in [1.165, 1.54) is 0 Å². The zero-order valence-corrected chi connectivity index (χ0v) is 18.0. The summed E-state index contributed by atoms with van der Waals surface area (Å²) in [5.41, 5.74) is 3.12. The van der Waals surface area contributed by atoms with Crippen LogP contribution in [0.3, 0.4) is 0 Å². The minimum atomic E-state index is -0.525. The molecule has 0 amide bonds. The van der Waals surface area contributed by atoms with Crippen molar-refractivity contribution in [1.29, 1.82) is 0 Å². The van der Waals surface area contributed by atoms with Crippen molar-refractivity contribution in [2.75, 3.05) is 7.11 Å². The van der Waals surface area contributed by atoms with Crippen LogP contribution in [0.15, 0.2) is 77.5 Å². The Kier molecular flexibility index (Phi) is 6.26. The number of nitrogens with zero attached hydrogens (tertiary/aromatic N) is 1. The molecule has 0 aromatic heterocycles. The molecule has 7 heteroatoms. The van der Waals surface area contributed by atoms with Gasteiger partial charge in [0.05, 0.1) is 12.7 Å². The number of benzene rings is 3. The molecule has 31 heavy (non-hydrogen) atoms. The highest BCUT2D eigenvalue weighted by molar-refractivity contribution is 6.33. The van der Waals surface area contributed by atoms with Gasteiger partial charge >= 0.3 is 5.97 Å².